The van der Waals surface area contributed by atoms with Crippen LogP contribution in [0.3, 0.4) is 0 Å². The molecule has 1 aromatic heterocycles. The first-order chi connectivity index (χ1) is 9.15. The Hall–Kier alpha value is -1.88. The zero-order chi connectivity index (χ0) is 13.8. The molecular formula is C13H16ClN3O2. The summed E-state index contributed by atoms with van der Waals surface area (Å²) >= 11 is 6.06. The van der Waals surface area contributed by atoms with E-state index in [0.717, 1.165) is 16.9 Å². The van der Waals surface area contributed by atoms with Crippen LogP contribution in [0.4, 0.5) is 5.69 Å². The van der Waals surface area contributed by atoms with E-state index in [1.165, 1.54) is 0 Å². The number of rotatable bonds is 5. The number of halogens is 1. The summed E-state index contributed by atoms with van der Waals surface area (Å²) in [6.45, 7) is 2.62. The van der Waals surface area contributed by atoms with Gasteiger partial charge in [-0.15, -0.1) is 0 Å². The average Bonchev–Trinajstić information content (AvgIpc) is 2.82. The molecule has 1 heterocycles. The maximum Gasteiger partial charge on any atom is 0.143 e. The molecule has 0 bridgehead atoms. The molecule has 19 heavy (non-hydrogen) atoms. The van der Waals surface area contributed by atoms with E-state index in [-0.39, 0.29) is 0 Å². The molecule has 6 heteroatoms. The van der Waals surface area contributed by atoms with Gasteiger partial charge in [0.25, 0.3) is 0 Å². The smallest absolute Gasteiger partial charge is 0.143 e. The lowest BCUT2D eigenvalue weighted by Gasteiger charge is -2.13. The lowest BCUT2D eigenvalue weighted by molar-refractivity contribution is 0.404. The molecule has 0 atom stereocenters. The van der Waals surface area contributed by atoms with Crippen LogP contribution in [0.1, 0.15) is 11.3 Å². The molecule has 0 aliphatic heterocycles. The summed E-state index contributed by atoms with van der Waals surface area (Å²) in [5.41, 5.74) is 2.95. The number of aromatic nitrogens is 2. The van der Waals surface area contributed by atoms with Gasteiger partial charge < -0.3 is 14.8 Å². The molecule has 0 spiro atoms. The van der Waals surface area contributed by atoms with Gasteiger partial charge in [0.15, 0.2) is 0 Å². The molecule has 0 fully saturated rings. The topological polar surface area (TPSA) is 59.2 Å². The number of hydrogen-bond acceptors (Lipinski definition) is 4. The molecule has 0 aliphatic carbocycles. The van der Waals surface area contributed by atoms with Crippen molar-refractivity contribution < 1.29 is 9.47 Å². The fourth-order valence-electron chi connectivity index (χ4n) is 1.74. The van der Waals surface area contributed by atoms with Gasteiger partial charge in [-0.3, -0.25) is 5.10 Å². The molecule has 0 saturated carbocycles. The van der Waals surface area contributed by atoms with E-state index in [0.29, 0.717) is 23.1 Å². The van der Waals surface area contributed by atoms with Crippen LogP contribution < -0.4 is 14.8 Å². The van der Waals surface area contributed by atoms with Crippen molar-refractivity contribution in [2.75, 3.05) is 19.5 Å². The monoisotopic (exact) mass is 281 g/mol. The number of aryl methyl sites for hydroxylation is 1. The summed E-state index contributed by atoms with van der Waals surface area (Å²) in [7, 11) is 3.18. The third-order valence-electron chi connectivity index (χ3n) is 2.88. The van der Waals surface area contributed by atoms with Crippen molar-refractivity contribution in [2.45, 2.75) is 13.5 Å². The molecule has 102 valence electrons. The fourth-order valence-corrected chi connectivity index (χ4v) is 1.97. The van der Waals surface area contributed by atoms with Crippen LogP contribution in [0.15, 0.2) is 18.3 Å². The molecular weight excluding hydrogens is 266 g/mol. The normalized spacial score (nSPS) is 10.3. The van der Waals surface area contributed by atoms with Crippen molar-refractivity contribution in [1.29, 1.82) is 0 Å². The summed E-state index contributed by atoms with van der Waals surface area (Å²) in [5.74, 6) is 1.28. The molecule has 1 aromatic carbocycles. The quantitative estimate of drug-likeness (QED) is 0.884. The minimum Gasteiger partial charge on any atom is -0.495 e. The summed E-state index contributed by atoms with van der Waals surface area (Å²) in [6.07, 6.45) is 1.79. The summed E-state index contributed by atoms with van der Waals surface area (Å²) in [4.78, 5) is 0. The van der Waals surface area contributed by atoms with E-state index in [9.17, 15) is 0 Å². The highest BCUT2D eigenvalue weighted by Crippen LogP contribution is 2.36. The molecule has 2 rings (SSSR count). The van der Waals surface area contributed by atoms with E-state index in [1.807, 2.05) is 13.0 Å². The zero-order valence-electron chi connectivity index (χ0n) is 11.1. The first kappa shape index (κ1) is 13.5. The summed E-state index contributed by atoms with van der Waals surface area (Å²) in [5, 5.41) is 10.7. The molecule has 0 saturated heterocycles. The minimum atomic E-state index is 0.518. The fraction of sp³-hybridized carbons (Fsp3) is 0.308. The SMILES string of the molecule is COc1cc(NCc2cn[nH]c2C)c(OC)cc1Cl. The van der Waals surface area contributed by atoms with E-state index in [1.54, 1.807) is 26.5 Å². The lowest BCUT2D eigenvalue weighted by Crippen LogP contribution is -2.02. The Balaban J connectivity index is 2.21. The number of benzene rings is 1. The van der Waals surface area contributed by atoms with Gasteiger partial charge in [0, 0.05) is 29.9 Å². The van der Waals surface area contributed by atoms with Gasteiger partial charge in [-0.05, 0) is 6.92 Å². The largest absolute Gasteiger partial charge is 0.495 e. The Morgan fingerprint density at radius 1 is 1.26 bits per heavy atom. The number of hydrogen-bond donors (Lipinski definition) is 2. The highest BCUT2D eigenvalue weighted by Gasteiger charge is 2.10. The maximum absolute atomic E-state index is 6.06. The van der Waals surface area contributed by atoms with Crippen LogP contribution in [0.25, 0.3) is 0 Å². The minimum absolute atomic E-state index is 0.518. The van der Waals surface area contributed by atoms with Crippen LogP contribution in [0, 0.1) is 6.92 Å². The molecule has 0 unspecified atom stereocenters. The highest BCUT2D eigenvalue weighted by molar-refractivity contribution is 6.32. The molecule has 0 aliphatic rings. The van der Waals surface area contributed by atoms with E-state index in [2.05, 4.69) is 15.5 Å². The van der Waals surface area contributed by atoms with Crippen LogP contribution >= 0.6 is 11.6 Å². The van der Waals surface area contributed by atoms with Crippen molar-refractivity contribution in [3.8, 4) is 11.5 Å². The number of aromatic amines is 1. The standard InChI is InChI=1S/C13H16ClN3O2/c1-8-9(7-16-17-8)6-15-11-5-12(18-2)10(14)4-13(11)19-3/h4-5,7,15H,6H2,1-3H3,(H,16,17). The second kappa shape index (κ2) is 5.84. The Morgan fingerprint density at radius 2 is 2.00 bits per heavy atom. The number of anilines is 1. The molecule has 0 radical (unpaired) electrons. The first-order valence-electron chi connectivity index (χ1n) is 5.80. The molecule has 2 aromatic rings. The number of H-pyrrole nitrogens is 1. The van der Waals surface area contributed by atoms with Crippen LogP contribution in [0.5, 0.6) is 11.5 Å². The van der Waals surface area contributed by atoms with Crippen LogP contribution in [0.2, 0.25) is 5.02 Å². The van der Waals surface area contributed by atoms with E-state index < -0.39 is 0 Å². The van der Waals surface area contributed by atoms with E-state index >= 15 is 0 Å². The van der Waals surface area contributed by atoms with Crippen LogP contribution in [-0.2, 0) is 6.54 Å². The number of methoxy groups -OCH3 is 2. The van der Waals surface area contributed by atoms with Crippen molar-refractivity contribution in [3.63, 3.8) is 0 Å². The Bertz CT molecular complexity index is 569. The van der Waals surface area contributed by atoms with Gasteiger partial charge in [-0.2, -0.15) is 5.10 Å². The van der Waals surface area contributed by atoms with Gasteiger partial charge in [0.2, 0.25) is 0 Å². The predicted molar refractivity (Wildman–Crippen MR) is 75.2 cm³/mol. The Kier molecular flexibility index (Phi) is 4.16. The molecule has 5 nitrogen and oxygen atoms in total. The number of ether oxygens (including phenoxy) is 2. The van der Waals surface area contributed by atoms with Gasteiger partial charge in [0.05, 0.1) is 31.1 Å². The lowest BCUT2D eigenvalue weighted by atomic mass is 10.2. The highest BCUT2D eigenvalue weighted by atomic mass is 35.5. The van der Waals surface area contributed by atoms with Crippen molar-refractivity contribution in [3.05, 3.63) is 34.6 Å². The molecule has 0 amide bonds. The second-order valence-electron chi connectivity index (χ2n) is 4.06. The van der Waals surface area contributed by atoms with Gasteiger partial charge in [-0.1, -0.05) is 11.6 Å². The predicted octanol–water partition coefficient (Wildman–Crippen LogP) is 3.00. The van der Waals surface area contributed by atoms with Gasteiger partial charge >= 0.3 is 0 Å². The van der Waals surface area contributed by atoms with Crippen molar-refractivity contribution in [2.24, 2.45) is 0 Å². The third kappa shape index (κ3) is 2.93. The van der Waals surface area contributed by atoms with Gasteiger partial charge in [0.1, 0.15) is 11.5 Å². The number of nitrogens with one attached hydrogen (secondary N) is 2. The third-order valence-corrected chi connectivity index (χ3v) is 3.17. The first-order valence-corrected chi connectivity index (χ1v) is 6.17. The van der Waals surface area contributed by atoms with Crippen molar-refractivity contribution >= 4 is 17.3 Å². The molecule has 2 N–H and O–H groups in total. The summed E-state index contributed by atoms with van der Waals surface area (Å²) in [6, 6.07) is 3.54. The number of nitrogens with zero attached hydrogens (tertiary/aromatic N) is 1. The van der Waals surface area contributed by atoms with Gasteiger partial charge in [-0.25, -0.2) is 0 Å². The average molecular weight is 282 g/mol. The Morgan fingerprint density at radius 3 is 2.58 bits per heavy atom. The van der Waals surface area contributed by atoms with Crippen molar-refractivity contribution in [1.82, 2.24) is 10.2 Å². The second-order valence-corrected chi connectivity index (χ2v) is 4.47. The maximum atomic E-state index is 6.06. The zero-order valence-corrected chi connectivity index (χ0v) is 11.8. The summed E-state index contributed by atoms with van der Waals surface area (Å²) < 4.78 is 10.5. The van der Waals surface area contributed by atoms with E-state index in [4.69, 9.17) is 21.1 Å². The Labute approximate surface area is 116 Å². The van der Waals surface area contributed by atoms with Crippen LogP contribution in [-0.4, -0.2) is 24.4 Å².